The summed E-state index contributed by atoms with van der Waals surface area (Å²) in [6.07, 6.45) is 50.2. The van der Waals surface area contributed by atoms with Gasteiger partial charge in [-0.15, -0.1) is 0 Å². The van der Waals surface area contributed by atoms with Gasteiger partial charge in [0.2, 0.25) is 5.91 Å². The molecule has 0 saturated carbocycles. The molecule has 2 saturated heterocycles. The van der Waals surface area contributed by atoms with E-state index >= 15 is 0 Å². The Labute approximate surface area is 471 Å². The average molecular weight is 1100 g/mol. The molecule has 448 valence electrons. The third-order valence-electron chi connectivity index (χ3n) is 14.3. The summed E-state index contributed by atoms with van der Waals surface area (Å²) in [4.78, 5) is 13.2. The van der Waals surface area contributed by atoms with Crippen LogP contribution in [0.3, 0.4) is 0 Å². The Morgan fingerprint density at radius 2 is 0.897 bits per heavy atom. The van der Waals surface area contributed by atoms with Gasteiger partial charge in [0.05, 0.1) is 32.0 Å². The van der Waals surface area contributed by atoms with Gasteiger partial charge < -0.3 is 65.1 Å². The van der Waals surface area contributed by atoms with Crippen molar-refractivity contribution in [1.29, 1.82) is 0 Å². The normalized spacial score (nSPS) is 25.3. The molecule has 0 aromatic carbocycles. The van der Waals surface area contributed by atoms with Gasteiger partial charge in [-0.05, 0) is 83.5 Å². The second kappa shape index (κ2) is 48.6. The Morgan fingerprint density at radius 3 is 1.41 bits per heavy atom. The number of ether oxygens (including phenoxy) is 4. The van der Waals surface area contributed by atoms with Crippen molar-refractivity contribution >= 4 is 5.91 Å². The molecule has 0 aliphatic carbocycles. The molecule has 2 fully saturated rings. The Kier molecular flexibility index (Phi) is 44.3. The predicted molar refractivity (Wildman–Crippen MR) is 313 cm³/mol. The Morgan fingerprint density at radius 1 is 0.474 bits per heavy atom. The van der Waals surface area contributed by atoms with Crippen LogP contribution in [0, 0.1) is 0 Å². The first-order valence-corrected chi connectivity index (χ1v) is 30.5. The van der Waals surface area contributed by atoms with Gasteiger partial charge in [-0.1, -0.05) is 214 Å². The lowest BCUT2D eigenvalue weighted by Crippen LogP contribution is -2.65. The Hall–Kier alpha value is -3.09. The zero-order chi connectivity index (χ0) is 56.7. The molecule has 12 unspecified atom stereocenters. The lowest BCUT2D eigenvalue weighted by molar-refractivity contribution is -0.359. The molecule has 2 rings (SSSR count). The van der Waals surface area contributed by atoms with E-state index in [4.69, 9.17) is 18.9 Å². The first-order valence-electron chi connectivity index (χ1n) is 30.5. The van der Waals surface area contributed by atoms with Crippen LogP contribution < -0.4 is 5.32 Å². The van der Waals surface area contributed by atoms with E-state index < -0.39 is 86.8 Å². The number of nitrogens with one attached hydrogen (secondary N) is 1. The van der Waals surface area contributed by atoms with E-state index in [9.17, 15) is 45.6 Å². The SMILES string of the molecule is CC/C=C\C/C=C\C/C=C\C/C=C\C/C=C\C/C=C\CCCCC(=O)NC(COC1OC(CO)C(OC2OC(CO)C(O)C(O)C2O)C(O)C1O)C(O)/C=C/CC/C=C/CCCCCCCCCCCCCCCCCCC. The standard InChI is InChI=1S/C64H109NO13/c1-3-5-7-9-11-13-15-17-19-21-23-25-26-28-29-31-33-35-37-39-41-43-45-47-53(68)52(51-75-63-61(74)59(72)62(55(50-67)77-63)78-64-60(73)58(71)57(70)54(49-66)76-64)65-56(69)48-46-44-42-40-38-36-34-32-30-27-24-22-20-18-16-14-12-10-8-6-4-2/h6,8,12,14,18,20,24,27,32,34,37-40,45,47,52-55,57-64,66-68,70-74H,3-5,7,9-11,13,15-17,19,21-23,25-26,28-31,33,35-36,41-44,46,48-51H2,1-2H3,(H,65,69)/b8-6-,14-12-,20-18-,27-24-,34-32-,39-37+,40-38-,47-45+. The van der Waals surface area contributed by atoms with Gasteiger partial charge in [-0.3, -0.25) is 4.79 Å². The molecule has 14 heteroatoms. The quantitative estimate of drug-likeness (QED) is 0.0204. The van der Waals surface area contributed by atoms with Gasteiger partial charge in [0.15, 0.2) is 12.6 Å². The highest BCUT2D eigenvalue weighted by molar-refractivity contribution is 5.76. The van der Waals surface area contributed by atoms with Crippen molar-refractivity contribution in [2.24, 2.45) is 0 Å². The summed E-state index contributed by atoms with van der Waals surface area (Å²) >= 11 is 0. The molecule has 0 spiro atoms. The molecule has 1 amide bonds. The maximum absolute atomic E-state index is 13.2. The van der Waals surface area contributed by atoms with E-state index in [0.717, 1.165) is 64.2 Å². The lowest BCUT2D eigenvalue weighted by Gasteiger charge is -2.46. The van der Waals surface area contributed by atoms with Crippen LogP contribution in [-0.4, -0.2) is 140 Å². The fourth-order valence-electron chi connectivity index (χ4n) is 9.37. The van der Waals surface area contributed by atoms with Gasteiger partial charge in [-0.25, -0.2) is 0 Å². The second-order valence-electron chi connectivity index (χ2n) is 21.1. The van der Waals surface area contributed by atoms with Gasteiger partial charge in [0.25, 0.3) is 0 Å². The van der Waals surface area contributed by atoms with Crippen molar-refractivity contribution < 1.29 is 64.6 Å². The third kappa shape index (κ3) is 33.6. The van der Waals surface area contributed by atoms with Gasteiger partial charge >= 0.3 is 0 Å². The van der Waals surface area contributed by atoms with E-state index in [1.54, 1.807) is 6.08 Å². The fraction of sp³-hybridized carbons (Fsp3) is 0.734. The maximum Gasteiger partial charge on any atom is 0.220 e. The number of rotatable bonds is 47. The molecule has 2 aliphatic rings. The molecule has 12 atom stereocenters. The second-order valence-corrected chi connectivity index (χ2v) is 21.1. The number of carbonyl (C=O) groups excluding carboxylic acids is 1. The van der Waals surface area contributed by atoms with Crippen molar-refractivity contribution in [3.05, 3.63) is 97.2 Å². The number of allylic oxidation sites excluding steroid dienone is 15. The van der Waals surface area contributed by atoms with Crippen LogP contribution in [0.25, 0.3) is 0 Å². The average Bonchev–Trinajstić information content (AvgIpc) is 3.48. The number of hydrogen-bond acceptors (Lipinski definition) is 13. The Bertz CT molecular complexity index is 1680. The van der Waals surface area contributed by atoms with Crippen molar-refractivity contribution in [2.75, 3.05) is 19.8 Å². The number of amides is 1. The summed E-state index contributed by atoms with van der Waals surface area (Å²) in [5, 5.41) is 87.1. The maximum atomic E-state index is 13.2. The highest BCUT2D eigenvalue weighted by Gasteiger charge is 2.51. The number of aliphatic hydroxyl groups is 8. The largest absolute Gasteiger partial charge is 0.394 e. The molecule has 0 aromatic heterocycles. The molecular formula is C64H109NO13. The summed E-state index contributed by atoms with van der Waals surface area (Å²) in [6.45, 7) is 2.63. The first kappa shape index (κ1) is 71.0. The van der Waals surface area contributed by atoms with Gasteiger partial charge in [-0.2, -0.15) is 0 Å². The lowest BCUT2D eigenvalue weighted by atomic mass is 9.97. The summed E-state index contributed by atoms with van der Waals surface area (Å²) < 4.78 is 22.7. The first-order chi connectivity index (χ1) is 38.1. The van der Waals surface area contributed by atoms with Crippen LogP contribution in [0.1, 0.15) is 206 Å². The number of unbranched alkanes of at least 4 members (excludes halogenated alkanes) is 20. The van der Waals surface area contributed by atoms with Crippen LogP contribution in [0.2, 0.25) is 0 Å². The minimum Gasteiger partial charge on any atom is -0.394 e. The van der Waals surface area contributed by atoms with Crippen molar-refractivity contribution in [3.63, 3.8) is 0 Å². The van der Waals surface area contributed by atoms with Crippen LogP contribution in [0.15, 0.2) is 97.2 Å². The monoisotopic (exact) mass is 1100 g/mol. The Balaban J connectivity index is 1.81. The number of hydrogen-bond donors (Lipinski definition) is 9. The van der Waals surface area contributed by atoms with Crippen molar-refractivity contribution in [3.8, 4) is 0 Å². The molecule has 78 heavy (non-hydrogen) atoms. The summed E-state index contributed by atoms with van der Waals surface area (Å²) in [6, 6.07) is -0.962. The minimum atomic E-state index is -1.80. The summed E-state index contributed by atoms with van der Waals surface area (Å²) in [5.74, 6) is -0.294. The summed E-state index contributed by atoms with van der Waals surface area (Å²) in [5.41, 5.74) is 0. The van der Waals surface area contributed by atoms with E-state index in [1.807, 2.05) is 6.08 Å². The van der Waals surface area contributed by atoms with E-state index in [-0.39, 0.29) is 18.9 Å². The van der Waals surface area contributed by atoms with Crippen LogP contribution in [-0.2, 0) is 23.7 Å². The molecule has 0 aromatic rings. The van der Waals surface area contributed by atoms with Crippen LogP contribution in [0.5, 0.6) is 0 Å². The van der Waals surface area contributed by atoms with Gasteiger partial charge in [0, 0.05) is 6.42 Å². The third-order valence-corrected chi connectivity index (χ3v) is 14.3. The molecule has 0 bridgehead atoms. The minimum absolute atomic E-state index is 0.213. The molecular weight excluding hydrogens is 991 g/mol. The smallest absolute Gasteiger partial charge is 0.220 e. The molecule has 14 nitrogen and oxygen atoms in total. The van der Waals surface area contributed by atoms with E-state index in [2.05, 4.69) is 104 Å². The number of carbonyl (C=O) groups is 1. The number of aliphatic hydroxyl groups excluding tert-OH is 8. The van der Waals surface area contributed by atoms with Crippen LogP contribution >= 0.6 is 0 Å². The highest BCUT2D eigenvalue weighted by atomic mass is 16.7. The topological polar surface area (TPSA) is 228 Å². The van der Waals surface area contributed by atoms with E-state index in [0.29, 0.717) is 12.8 Å². The fourth-order valence-corrected chi connectivity index (χ4v) is 9.37. The van der Waals surface area contributed by atoms with E-state index in [1.165, 1.54) is 109 Å². The van der Waals surface area contributed by atoms with Crippen LogP contribution in [0.4, 0.5) is 0 Å². The molecule has 0 radical (unpaired) electrons. The zero-order valence-electron chi connectivity index (χ0n) is 48.1. The molecule has 2 heterocycles. The summed E-state index contributed by atoms with van der Waals surface area (Å²) in [7, 11) is 0. The van der Waals surface area contributed by atoms with Crippen molar-refractivity contribution in [2.45, 2.75) is 280 Å². The molecule has 2 aliphatic heterocycles. The molecule has 9 N–H and O–H groups in total. The zero-order valence-corrected chi connectivity index (χ0v) is 48.1. The van der Waals surface area contributed by atoms with Gasteiger partial charge in [0.1, 0.15) is 48.8 Å². The predicted octanol–water partition coefficient (Wildman–Crippen LogP) is 10.7. The highest BCUT2D eigenvalue weighted by Crippen LogP contribution is 2.30. The van der Waals surface area contributed by atoms with Crippen molar-refractivity contribution in [1.82, 2.24) is 5.32 Å².